The van der Waals surface area contributed by atoms with Crippen molar-refractivity contribution in [1.29, 1.82) is 0 Å². The minimum atomic E-state index is 0.0672. The third-order valence-corrected chi connectivity index (χ3v) is 10.9. The molecule has 4 heteroatoms. The first-order valence-corrected chi connectivity index (χ1v) is 16.0. The number of thiophene rings is 1. The van der Waals surface area contributed by atoms with Crippen molar-refractivity contribution in [2.75, 3.05) is 0 Å². The summed E-state index contributed by atoms with van der Waals surface area (Å²) in [7, 11) is 0. The second-order valence-electron chi connectivity index (χ2n) is 13.1. The maximum Gasteiger partial charge on any atom is 0.221 e. The Labute approximate surface area is 246 Å². The molecule has 8 rings (SSSR count). The zero-order valence-electron chi connectivity index (χ0n) is 24.2. The molecule has 0 spiro atoms. The van der Waals surface area contributed by atoms with Crippen molar-refractivity contribution in [3.63, 3.8) is 0 Å². The predicted octanol–water partition coefficient (Wildman–Crippen LogP) is 8.14. The summed E-state index contributed by atoms with van der Waals surface area (Å²) in [4.78, 5) is 6.95. The van der Waals surface area contributed by atoms with Gasteiger partial charge in [-0.25, -0.2) is 0 Å². The van der Waals surface area contributed by atoms with E-state index in [-0.39, 0.29) is 5.41 Å². The van der Waals surface area contributed by atoms with Crippen LogP contribution in [-0.2, 0) is 24.7 Å². The molecule has 41 heavy (non-hydrogen) atoms. The highest BCUT2D eigenvalue weighted by Crippen LogP contribution is 2.46. The predicted molar refractivity (Wildman–Crippen MR) is 168 cm³/mol. The topological polar surface area (TPSA) is 20.6 Å². The molecule has 0 fully saturated rings. The van der Waals surface area contributed by atoms with Crippen molar-refractivity contribution in [3.8, 4) is 22.5 Å². The normalized spacial score (nSPS) is 19.4. The van der Waals surface area contributed by atoms with Crippen molar-refractivity contribution >= 4 is 27.6 Å². The van der Waals surface area contributed by atoms with E-state index in [1.54, 1.807) is 10.4 Å². The van der Waals surface area contributed by atoms with E-state index in [9.17, 15) is 0 Å². The van der Waals surface area contributed by atoms with E-state index in [1.807, 2.05) is 11.3 Å². The third kappa shape index (κ3) is 4.02. The highest BCUT2D eigenvalue weighted by atomic mass is 32.1. The van der Waals surface area contributed by atoms with Crippen molar-refractivity contribution in [2.45, 2.75) is 76.7 Å². The fourth-order valence-electron chi connectivity index (χ4n) is 7.45. The quantitative estimate of drug-likeness (QED) is 0.177. The molecule has 1 aliphatic carbocycles. The number of allylic oxidation sites excluding steroid dienone is 1. The first-order valence-electron chi connectivity index (χ1n) is 15.2. The number of hydrogen-bond donors (Lipinski definition) is 0. The zero-order valence-corrected chi connectivity index (χ0v) is 25.0. The molecule has 0 saturated heterocycles. The Morgan fingerprint density at radius 1 is 0.927 bits per heavy atom. The van der Waals surface area contributed by atoms with Gasteiger partial charge in [0.25, 0.3) is 0 Å². The van der Waals surface area contributed by atoms with Crippen LogP contribution in [0.25, 0.3) is 38.8 Å². The van der Waals surface area contributed by atoms with Crippen LogP contribution < -0.4 is 9.13 Å². The van der Waals surface area contributed by atoms with Gasteiger partial charge in [0.05, 0.1) is 28.3 Å². The molecule has 3 nitrogen and oxygen atoms in total. The molecule has 4 aromatic heterocycles. The molecule has 0 radical (unpaired) electrons. The molecule has 3 aliphatic rings. The average Bonchev–Trinajstić information content (AvgIpc) is 3.37. The van der Waals surface area contributed by atoms with E-state index < -0.39 is 0 Å². The first kappa shape index (κ1) is 25.1. The number of benzene rings is 1. The minimum absolute atomic E-state index is 0.0672. The Balaban J connectivity index is 1.42. The van der Waals surface area contributed by atoms with Gasteiger partial charge < -0.3 is 0 Å². The van der Waals surface area contributed by atoms with E-state index in [0.717, 1.165) is 12.8 Å². The molecular formula is C37H37N3S+2. The molecule has 1 aromatic carbocycles. The van der Waals surface area contributed by atoms with E-state index in [0.29, 0.717) is 12.0 Å². The fourth-order valence-corrected chi connectivity index (χ4v) is 8.89. The lowest BCUT2D eigenvalue weighted by Crippen LogP contribution is -2.48. The Kier molecular flexibility index (Phi) is 5.79. The van der Waals surface area contributed by atoms with Gasteiger partial charge in [0.2, 0.25) is 11.4 Å². The number of nitrogens with zero attached hydrogens (tertiary/aromatic N) is 3. The van der Waals surface area contributed by atoms with Gasteiger partial charge in [0.15, 0.2) is 24.6 Å². The van der Waals surface area contributed by atoms with Crippen molar-refractivity contribution in [2.24, 2.45) is 0 Å². The molecule has 0 saturated carbocycles. The van der Waals surface area contributed by atoms with Crippen molar-refractivity contribution in [1.82, 2.24) is 4.98 Å². The largest absolute Gasteiger partial charge is 0.259 e. The fraction of sp³-hybridized carbons (Fsp3) is 0.324. The molecule has 0 N–H and O–H groups in total. The summed E-state index contributed by atoms with van der Waals surface area (Å²) in [6.07, 6.45) is 18.4. The molecular weight excluding hydrogens is 518 g/mol. The molecule has 0 bridgehead atoms. The number of aromatic nitrogens is 3. The summed E-state index contributed by atoms with van der Waals surface area (Å²) >= 11 is 2.04. The van der Waals surface area contributed by atoms with E-state index in [4.69, 9.17) is 4.98 Å². The third-order valence-electron chi connectivity index (χ3n) is 9.59. The lowest BCUT2D eigenvalue weighted by Gasteiger charge is -2.30. The molecule has 2 unspecified atom stereocenters. The Bertz CT molecular complexity index is 1850. The van der Waals surface area contributed by atoms with Gasteiger partial charge in [-0.2, -0.15) is 9.13 Å². The second-order valence-corrected chi connectivity index (χ2v) is 14.2. The average molecular weight is 556 g/mol. The van der Waals surface area contributed by atoms with Gasteiger partial charge >= 0.3 is 0 Å². The number of aryl methyl sites for hydroxylation is 2. The number of fused-ring (bicyclic) bond motifs is 13. The van der Waals surface area contributed by atoms with Crippen LogP contribution in [0.1, 0.15) is 79.3 Å². The summed E-state index contributed by atoms with van der Waals surface area (Å²) in [5, 5.41) is 1.38. The van der Waals surface area contributed by atoms with E-state index in [1.165, 1.54) is 75.1 Å². The van der Waals surface area contributed by atoms with Gasteiger partial charge in [-0.3, -0.25) is 4.98 Å². The molecule has 2 atom stereocenters. The van der Waals surface area contributed by atoms with Crippen LogP contribution in [0.15, 0.2) is 79.3 Å². The van der Waals surface area contributed by atoms with Gasteiger partial charge in [0, 0.05) is 46.3 Å². The highest BCUT2D eigenvalue weighted by molar-refractivity contribution is 7.19. The molecule has 0 amide bonds. The van der Waals surface area contributed by atoms with Crippen LogP contribution >= 0.6 is 11.3 Å². The van der Waals surface area contributed by atoms with Crippen LogP contribution in [-0.4, -0.2) is 4.98 Å². The first-order chi connectivity index (χ1) is 20.0. The minimum Gasteiger partial charge on any atom is -0.259 e. The van der Waals surface area contributed by atoms with E-state index in [2.05, 4.69) is 115 Å². The smallest absolute Gasteiger partial charge is 0.221 e. The van der Waals surface area contributed by atoms with Gasteiger partial charge in [0.1, 0.15) is 0 Å². The van der Waals surface area contributed by atoms with Gasteiger partial charge in [-0.1, -0.05) is 39.0 Å². The van der Waals surface area contributed by atoms with Crippen molar-refractivity contribution in [3.05, 3.63) is 107 Å². The Hall–Kier alpha value is -3.63. The van der Waals surface area contributed by atoms with Crippen LogP contribution in [0.2, 0.25) is 0 Å². The van der Waals surface area contributed by atoms with Crippen molar-refractivity contribution < 1.29 is 9.13 Å². The van der Waals surface area contributed by atoms with E-state index >= 15 is 0 Å². The van der Waals surface area contributed by atoms with Gasteiger partial charge in [-0.05, 0) is 72.4 Å². The SMILES string of the molecule is CC(C)(C)c1cc[n+]2c(c1)-c1c(ncc3c4c(sc13)CCCC4)CC1C(CC=C2)c2ccccc2-c2cccc[n+]21. The standard InChI is InChI=1S/C37H37N3S/c1-37(2,3)24-17-20-39-18-10-14-27-25-11-4-5-12-26(25)31-15-8-9-19-40(31)32(27)22-30-35(33(39)21-24)36-29(23-38-30)28-13-6-7-16-34(28)41-36/h4-5,8-12,15,17-21,23,27,32H,6-7,13-14,16,22H2,1-3H3/q+2. The van der Waals surface area contributed by atoms with Crippen LogP contribution in [0.3, 0.4) is 0 Å². The number of hydrogen-bond acceptors (Lipinski definition) is 2. The maximum atomic E-state index is 5.37. The Morgan fingerprint density at radius 3 is 2.68 bits per heavy atom. The zero-order chi connectivity index (χ0) is 27.7. The molecule has 5 aromatic rings. The highest BCUT2D eigenvalue weighted by Gasteiger charge is 2.41. The van der Waals surface area contributed by atoms with Crippen LogP contribution in [0.4, 0.5) is 0 Å². The summed E-state index contributed by atoms with van der Waals surface area (Å²) < 4.78 is 6.34. The summed E-state index contributed by atoms with van der Waals surface area (Å²) in [6, 6.07) is 20.7. The summed E-state index contributed by atoms with van der Waals surface area (Å²) in [6.45, 7) is 6.95. The summed E-state index contributed by atoms with van der Waals surface area (Å²) in [5.74, 6) is 0.375. The molecule has 2 aliphatic heterocycles. The Morgan fingerprint density at radius 2 is 1.78 bits per heavy atom. The lowest BCUT2D eigenvalue weighted by atomic mass is 9.78. The van der Waals surface area contributed by atoms with Crippen LogP contribution in [0.5, 0.6) is 0 Å². The summed E-state index contributed by atoms with van der Waals surface area (Å²) in [5.41, 5.74) is 11.0. The monoisotopic (exact) mass is 555 g/mol. The molecule has 204 valence electrons. The van der Waals surface area contributed by atoms with Crippen LogP contribution in [0, 0.1) is 0 Å². The number of pyridine rings is 3. The maximum absolute atomic E-state index is 5.37. The number of rotatable bonds is 0. The second kappa shape index (κ2) is 9.46. The molecule has 6 heterocycles. The lowest BCUT2D eigenvalue weighted by molar-refractivity contribution is -0.718. The van der Waals surface area contributed by atoms with Gasteiger partial charge in [-0.15, -0.1) is 11.3 Å².